The number of nitrogens with one attached hydrogen (secondary N) is 2. The molecule has 0 aromatic heterocycles. The van der Waals surface area contributed by atoms with Crippen LogP contribution < -0.4 is 11.1 Å². The van der Waals surface area contributed by atoms with E-state index in [2.05, 4.69) is 17.3 Å². The molecule has 1 heterocycles. The molecule has 0 spiro atoms. The van der Waals surface area contributed by atoms with Crippen LogP contribution in [0, 0.1) is 11.3 Å². The number of nitrogens with two attached hydrogens (primary N) is 1. The van der Waals surface area contributed by atoms with Crippen LogP contribution in [0.15, 0.2) is 11.8 Å². The summed E-state index contributed by atoms with van der Waals surface area (Å²) < 4.78 is 0. The molecular weight excluding hydrogens is 200 g/mol. The van der Waals surface area contributed by atoms with Crippen molar-refractivity contribution in [2.75, 3.05) is 33.2 Å². The van der Waals surface area contributed by atoms with Crippen molar-refractivity contribution in [1.82, 2.24) is 10.2 Å². The smallest absolute Gasteiger partial charge is 0.0237 e. The average Bonchev–Trinajstić information content (AvgIpc) is 2.32. The summed E-state index contributed by atoms with van der Waals surface area (Å²) in [5.41, 5.74) is 6.31. The number of likely N-dealkylation sites (tertiary alicyclic amines) is 1. The van der Waals surface area contributed by atoms with Gasteiger partial charge in [0.1, 0.15) is 0 Å². The zero-order valence-corrected chi connectivity index (χ0v) is 10.2. The Hall–Kier alpha value is -0.870. The van der Waals surface area contributed by atoms with Crippen molar-refractivity contribution in [3.05, 3.63) is 11.8 Å². The number of piperidine rings is 1. The highest BCUT2D eigenvalue weighted by Crippen LogP contribution is 2.18. The molecule has 0 atom stereocenters. The van der Waals surface area contributed by atoms with Gasteiger partial charge < -0.3 is 21.4 Å². The van der Waals surface area contributed by atoms with Crippen LogP contribution in [0.5, 0.6) is 0 Å². The molecule has 0 saturated carbocycles. The first-order valence-corrected chi connectivity index (χ1v) is 6.07. The quantitative estimate of drug-likeness (QED) is 0.462. The van der Waals surface area contributed by atoms with E-state index in [1.54, 1.807) is 0 Å². The van der Waals surface area contributed by atoms with Crippen LogP contribution in [-0.4, -0.2) is 44.3 Å². The Morgan fingerprint density at radius 1 is 1.50 bits per heavy atom. The fourth-order valence-electron chi connectivity index (χ4n) is 2.00. The molecule has 1 saturated heterocycles. The predicted octanol–water partition coefficient (Wildman–Crippen LogP) is 0.800. The lowest BCUT2D eigenvalue weighted by atomic mass is 9.94. The van der Waals surface area contributed by atoms with Crippen molar-refractivity contribution in [1.29, 1.82) is 5.41 Å². The fourth-order valence-corrected chi connectivity index (χ4v) is 2.00. The Bertz CT molecular complexity index is 229. The molecule has 1 rings (SSSR count). The standard InChI is InChI=1S/C12H24N4/c1-16-6-3-11(4-7-16)2-5-15-10-12(8-13)9-14/h8,10-11,13,15H,2-7,9,14H2,1H3/b12-10+,13-8?. The monoisotopic (exact) mass is 224 g/mol. The van der Waals surface area contributed by atoms with E-state index in [0.29, 0.717) is 6.54 Å². The second-order valence-electron chi connectivity index (χ2n) is 4.56. The van der Waals surface area contributed by atoms with Gasteiger partial charge in [-0.1, -0.05) is 0 Å². The molecule has 1 aliphatic rings. The molecule has 4 N–H and O–H groups in total. The maximum absolute atomic E-state index is 7.09. The molecule has 1 fully saturated rings. The zero-order chi connectivity index (χ0) is 11.8. The Balaban J connectivity index is 2.11. The van der Waals surface area contributed by atoms with Gasteiger partial charge in [0, 0.05) is 25.5 Å². The van der Waals surface area contributed by atoms with Crippen molar-refractivity contribution < 1.29 is 0 Å². The minimum atomic E-state index is 0.435. The topological polar surface area (TPSA) is 65.1 Å². The molecule has 16 heavy (non-hydrogen) atoms. The van der Waals surface area contributed by atoms with Gasteiger partial charge in [0.2, 0.25) is 0 Å². The minimum absolute atomic E-state index is 0.435. The highest BCUT2D eigenvalue weighted by Gasteiger charge is 2.15. The van der Waals surface area contributed by atoms with Crippen molar-refractivity contribution >= 4 is 6.21 Å². The van der Waals surface area contributed by atoms with E-state index in [-0.39, 0.29) is 0 Å². The first kappa shape index (κ1) is 13.2. The molecule has 1 aliphatic heterocycles. The SMILES string of the molecule is CN1CCC(CCN/C=C(\C=N)CN)CC1. The maximum Gasteiger partial charge on any atom is 0.0237 e. The summed E-state index contributed by atoms with van der Waals surface area (Å²) >= 11 is 0. The third kappa shape index (κ3) is 4.77. The third-order valence-corrected chi connectivity index (χ3v) is 3.24. The Morgan fingerprint density at radius 3 is 2.75 bits per heavy atom. The summed E-state index contributed by atoms with van der Waals surface area (Å²) in [6.07, 6.45) is 7.02. The van der Waals surface area contributed by atoms with Crippen molar-refractivity contribution in [3.8, 4) is 0 Å². The fraction of sp³-hybridized carbons (Fsp3) is 0.750. The molecule has 0 aromatic carbocycles. The maximum atomic E-state index is 7.09. The number of hydrogen-bond donors (Lipinski definition) is 3. The molecule has 92 valence electrons. The highest BCUT2D eigenvalue weighted by atomic mass is 15.1. The third-order valence-electron chi connectivity index (χ3n) is 3.24. The zero-order valence-electron chi connectivity index (χ0n) is 10.2. The Morgan fingerprint density at radius 2 is 2.19 bits per heavy atom. The van der Waals surface area contributed by atoms with Gasteiger partial charge in [-0.25, -0.2) is 0 Å². The van der Waals surface area contributed by atoms with Crippen LogP contribution in [0.4, 0.5) is 0 Å². The first-order valence-electron chi connectivity index (χ1n) is 6.07. The largest absolute Gasteiger partial charge is 0.391 e. The summed E-state index contributed by atoms with van der Waals surface area (Å²) in [6.45, 7) is 3.89. The van der Waals surface area contributed by atoms with E-state index in [9.17, 15) is 0 Å². The summed E-state index contributed by atoms with van der Waals surface area (Å²) in [4.78, 5) is 2.39. The molecule has 0 radical (unpaired) electrons. The molecule has 0 aromatic rings. The van der Waals surface area contributed by atoms with Gasteiger partial charge in [0.15, 0.2) is 0 Å². The molecule has 0 aliphatic carbocycles. The van der Waals surface area contributed by atoms with Crippen molar-refractivity contribution in [2.45, 2.75) is 19.3 Å². The Kier molecular flexibility index (Phi) is 6.11. The van der Waals surface area contributed by atoms with Crippen LogP contribution in [0.1, 0.15) is 19.3 Å². The minimum Gasteiger partial charge on any atom is -0.391 e. The van der Waals surface area contributed by atoms with Gasteiger partial charge in [-0.05, 0) is 50.9 Å². The van der Waals surface area contributed by atoms with Crippen LogP contribution in [0.25, 0.3) is 0 Å². The summed E-state index contributed by atoms with van der Waals surface area (Å²) in [7, 11) is 2.19. The van der Waals surface area contributed by atoms with Gasteiger partial charge in [0.05, 0.1) is 0 Å². The van der Waals surface area contributed by atoms with Gasteiger partial charge >= 0.3 is 0 Å². The molecule has 4 heteroatoms. The first-order chi connectivity index (χ1) is 7.76. The van der Waals surface area contributed by atoms with Crippen LogP contribution in [0.3, 0.4) is 0 Å². The normalized spacial score (nSPS) is 19.8. The lowest BCUT2D eigenvalue weighted by Crippen LogP contribution is -2.31. The van der Waals surface area contributed by atoms with E-state index in [4.69, 9.17) is 11.1 Å². The second-order valence-corrected chi connectivity index (χ2v) is 4.56. The number of nitrogens with zero attached hydrogens (tertiary/aromatic N) is 1. The van der Waals surface area contributed by atoms with E-state index in [0.717, 1.165) is 18.0 Å². The Labute approximate surface area is 98.4 Å². The van der Waals surface area contributed by atoms with E-state index in [1.165, 1.54) is 38.6 Å². The van der Waals surface area contributed by atoms with E-state index < -0.39 is 0 Å². The van der Waals surface area contributed by atoms with Gasteiger partial charge in [-0.15, -0.1) is 0 Å². The van der Waals surface area contributed by atoms with Gasteiger partial charge in [0.25, 0.3) is 0 Å². The lowest BCUT2D eigenvalue weighted by Gasteiger charge is -2.28. The molecule has 0 amide bonds. The average molecular weight is 224 g/mol. The number of hydrogen-bond acceptors (Lipinski definition) is 4. The molecule has 0 bridgehead atoms. The number of rotatable bonds is 6. The predicted molar refractivity (Wildman–Crippen MR) is 68.8 cm³/mol. The lowest BCUT2D eigenvalue weighted by molar-refractivity contribution is 0.212. The molecule has 0 unspecified atom stereocenters. The van der Waals surface area contributed by atoms with Crippen LogP contribution >= 0.6 is 0 Å². The van der Waals surface area contributed by atoms with Gasteiger partial charge in [-0.2, -0.15) is 0 Å². The summed E-state index contributed by atoms with van der Waals surface area (Å²) in [6, 6.07) is 0. The van der Waals surface area contributed by atoms with Crippen molar-refractivity contribution in [2.24, 2.45) is 11.7 Å². The van der Waals surface area contributed by atoms with Crippen LogP contribution in [0.2, 0.25) is 0 Å². The summed E-state index contributed by atoms with van der Waals surface area (Å²) in [5.74, 6) is 0.860. The molecule has 4 nitrogen and oxygen atoms in total. The second kappa shape index (κ2) is 7.41. The molecular formula is C12H24N4. The van der Waals surface area contributed by atoms with E-state index in [1.807, 2.05) is 6.20 Å². The van der Waals surface area contributed by atoms with Crippen LogP contribution in [-0.2, 0) is 0 Å². The summed E-state index contributed by atoms with van der Waals surface area (Å²) in [5, 5.41) is 10.3. The van der Waals surface area contributed by atoms with E-state index >= 15 is 0 Å². The van der Waals surface area contributed by atoms with Gasteiger partial charge in [-0.3, -0.25) is 0 Å². The highest BCUT2D eigenvalue weighted by molar-refractivity contribution is 5.75. The van der Waals surface area contributed by atoms with Crippen molar-refractivity contribution in [3.63, 3.8) is 0 Å².